The number of benzene rings is 2. The molecule has 38 heavy (non-hydrogen) atoms. The predicted molar refractivity (Wildman–Crippen MR) is 140 cm³/mol. The first-order valence-corrected chi connectivity index (χ1v) is 12.9. The van der Waals surface area contributed by atoms with Crippen molar-refractivity contribution in [2.24, 2.45) is 0 Å². The second kappa shape index (κ2) is 10.9. The third-order valence-corrected chi connectivity index (χ3v) is 7.10. The fourth-order valence-electron chi connectivity index (χ4n) is 5.01. The van der Waals surface area contributed by atoms with Gasteiger partial charge in [-0.1, -0.05) is 12.1 Å². The summed E-state index contributed by atoms with van der Waals surface area (Å²) in [6, 6.07) is 12.8. The van der Waals surface area contributed by atoms with Gasteiger partial charge >= 0.3 is 0 Å². The Kier molecular flexibility index (Phi) is 7.02. The summed E-state index contributed by atoms with van der Waals surface area (Å²) in [5, 5.41) is 11.8. The number of morpholine rings is 1. The highest BCUT2D eigenvalue weighted by molar-refractivity contribution is 5.85. The number of fused-ring (bicyclic) bond motifs is 1. The molecular weight excluding hydrogens is 490 g/mol. The van der Waals surface area contributed by atoms with Gasteiger partial charge in [0.2, 0.25) is 11.6 Å². The molecular formula is C27H28F2N8O. The van der Waals surface area contributed by atoms with Crippen LogP contribution in [-0.2, 0) is 11.3 Å². The summed E-state index contributed by atoms with van der Waals surface area (Å²) in [5.74, 6) is 0.869. The molecule has 9 nitrogen and oxygen atoms in total. The fraction of sp³-hybridized carbons (Fsp3) is 0.370. The van der Waals surface area contributed by atoms with E-state index < -0.39 is 0 Å². The molecule has 4 heterocycles. The van der Waals surface area contributed by atoms with E-state index in [4.69, 9.17) is 14.7 Å². The number of nitrogens with zero attached hydrogens (tertiary/aromatic N) is 7. The van der Waals surface area contributed by atoms with Crippen LogP contribution in [0, 0.1) is 11.6 Å². The minimum Gasteiger partial charge on any atom is -0.379 e. The van der Waals surface area contributed by atoms with Gasteiger partial charge in [-0.05, 0) is 54.8 Å². The lowest BCUT2D eigenvalue weighted by molar-refractivity contribution is 0.0115. The zero-order chi connectivity index (χ0) is 25.9. The minimum absolute atomic E-state index is 0.281. The van der Waals surface area contributed by atoms with Gasteiger partial charge in [0.1, 0.15) is 11.6 Å². The minimum atomic E-state index is -0.327. The molecule has 2 saturated heterocycles. The summed E-state index contributed by atoms with van der Waals surface area (Å²) >= 11 is 0. The number of rotatable bonds is 6. The lowest BCUT2D eigenvalue weighted by Crippen LogP contribution is -2.49. The molecule has 2 fully saturated rings. The molecule has 6 rings (SSSR count). The van der Waals surface area contributed by atoms with Crippen molar-refractivity contribution in [3.8, 4) is 11.4 Å². The fourth-order valence-corrected chi connectivity index (χ4v) is 5.01. The van der Waals surface area contributed by atoms with Crippen LogP contribution in [0.4, 0.5) is 20.5 Å². The van der Waals surface area contributed by atoms with E-state index in [1.165, 1.54) is 24.3 Å². The Hall–Kier alpha value is -3.83. The highest BCUT2D eigenvalue weighted by Gasteiger charge is 2.28. The maximum atomic E-state index is 13.5. The Morgan fingerprint density at radius 1 is 0.816 bits per heavy atom. The Morgan fingerprint density at radius 2 is 1.50 bits per heavy atom. The smallest absolute Gasteiger partial charge is 0.227 e. The van der Waals surface area contributed by atoms with Crippen molar-refractivity contribution in [3.05, 3.63) is 65.7 Å². The molecule has 2 aliphatic heterocycles. The molecule has 1 N–H and O–H groups in total. The largest absolute Gasteiger partial charge is 0.379 e. The number of aromatic nitrogens is 5. The standard InChI is InChI=1S/C27H28F2N8O/c28-20-5-1-18(2-6-20)17-30-27-32-25-23(31-24(34-35-25)19-3-7-21(29)8-4-19)26(33-27)37-11-9-22(10-12-37)36-13-15-38-16-14-36/h1-8,22H,9-17H2,(H,30,32,33,35). The van der Waals surface area contributed by atoms with Crippen molar-refractivity contribution >= 4 is 22.9 Å². The van der Waals surface area contributed by atoms with E-state index in [0.29, 0.717) is 46.9 Å². The molecule has 0 saturated carbocycles. The van der Waals surface area contributed by atoms with Gasteiger partial charge in [0, 0.05) is 44.3 Å². The molecule has 0 aliphatic carbocycles. The lowest BCUT2D eigenvalue weighted by Gasteiger charge is -2.40. The van der Waals surface area contributed by atoms with Crippen LogP contribution in [0.5, 0.6) is 0 Å². The molecule has 0 amide bonds. The molecule has 0 atom stereocenters. The summed E-state index contributed by atoms with van der Waals surface area (Å²) in [6.45, 7) is 5.58. The normalized spacial score (nSPS) is 17.2. The number of piperidine rings is 1. The molecule has 2 aliphatic rings. The van der Waals surface area contributed by atoms with Gasteiger partial charge < -0.3 is 15.0 Å². The van der Waals surface area contributed by atoms with Crippen LogP contribution in [0.3, 0.4) is 0 Å². The summed E-state index contributed by atoms with van der Waals surface area (Å²) in [6.07, 6.45) is 2.01. The summed E-state index contributed by atoms with van der Waals surface area (Å²) in [4.78, 5) is 18.9. The van der Waals surface area contributed by atoms with E-state index in [1.807, 2.05) is 0 Å². The first-order chi connectivity index (χ1) is 18.6. The van der Waals surface area contributed by atoms with Crippen molar-refractivity contribution in [1.29, 1.82) is 0 Å². The number of halogens is 2. The zero-order valence-electron chi connectivity index (χ0n) is 20.9. The number of nitrogens with one attached hydrogen (secondary N) is 1. The summed E-state index contributed by atoms with van der Waals surface area (Å²) in [7, 11) is 0. The van der Waals surface area contributed by atoms with E-state index in [9.17, 15) is 8.78 Å². The van der Waals surface area contributed by atoms with Gasteiger partial charge in [-0.15, -0.1) is 10.2 Å². The van der Waals surface area contributed by atoms with Crippen LogP contribution in [0.25, 0.3) is 22.6 Å². The average molecular weight is 519 g/mol. The Labute approximate surface area is 218 Å². The Morgan fingerprint density at radius 3 is 2.21 bits per heavy atom. The molecule has 4 aromatic rings. The maximum absolute atomic E-state index is 13.5. The van der Waals surface area contributed by atoms with Gasteiger partial charge in [-0.2, -0.15) is 9.97 Å². The molecule has 2 aromatic heterocycles. The Balaban J connectivity index is 1.30. The first-order valence-electron chi connectivity index (χ1n) is 12.9. The Bertz CT molecular complexity index is 1390. The van der Waals surface area contributed by atoms with E-state index in [2.05, 4.69) is 30.3 Å². The van der Waals surface area contributed by atoms with Crippen LogP contribution < -0.4 is 10.2 Å². The topological polar surface area (TPSA) is 92.2 Å². The molecule has 11 heteroatoms. The molecule has 0 unspecified atom stereocenters. The van der Waals surface area contributed by atoms with Crippen LogP contribution in [0.1, 0.15) is 18.4 Å². The number of hydrogen-bond donors (Lipinski definition) is 1. The van der Waals surface area contributed by atoms with Crippen molar-refractivity contribution in [3.63, 3.8) is 0 Å². The third-order valence-electron chi connectivity index (χ3n) is 7.10. The van der Waals surface area contributed by atoms with Gasteiger partial charge in [0.05, 0.1) is 13.2 Å². The number of ether oxygens (including phenoxy) is 1. The van der Waals surface area contributed by atoms with Crippen LogP contribution in [0.15, 0.2) is 48.5 Å². The summed E-state index contributed by atoms with van der Waals surface area (Å²) < 4.78 is 32.3. The van der Waals surface area contributed by atoms with E-state index >= 15 is 0 Å². The maximum Gasteiger partial charge on any atom is 0.227 e. The first kappa shape index (κ1) is 24.5. The number of hydrogen-bond acceptors (Lipinski definition) is 9. The third kappa shape index (κ3) is 5.39. The molecule has 0 bridgehead atoms. The molecule has 0 spiro atoms. The second-order valence-corrected chi connectivity index (χ2v) is 9.53. The van der Waals surface area contributed by atoms with Crippen LogP contribution in [-0.4, -0.2) is 75.5 Å². The van der Waals surface area contributed by atoms with Crippen LogP contribution >= 0.6 is 0 Å². The monoisotopic (exact) mass is 518 g/mol. The van der Waals surface area contributed by atoms with Crippen molar-refractivity contribution < 1.29 is 13.5 Å². The average Bonchev–Trinajstić information content (AvgIpc) is 2.97. The molecule has 0 radical (unpaired) electrons. The number of anilines is 2. The van der Waals surface area contributed by atoms with E-state index in [1.54, 1.807) is 24.3 Å². The molecule has 196 valence electrons. The quantitative estimate of drug-likeness (QED) is 0.410. The van der Waals surface area contributed by atoms with Crippen molar-refractivity contribution in [2.45, 2.75) is 25.4 Å². The van der Waals surface area contributed by atoms with Gasteiger partial charge in [-0.25, -0.2) is 13.8 Å². The SMILES string of the molecule is Fc1ccc(CNc2nc(N3CCC(N4CCOCC4)CC3)c3nc(-c4ccc(F)cc4)nnc3n2)cc1. The van der Waals surface area contributed by atoms with Gasteiger partial charge in [0.25, 0.3) is 0 Å². The predicted octanol–water partition coefficient (Wildman–Crippen LogP) is 3.67. The second-order valence-electron chi connectivity index (χ2n) is 9.53. The van der Waals surface area contributed by atoms with Crippen molar-refractivity contribution in [2.75, 3.05) is 49.6 Å². The van der Waals surface area contributed by atoms with Gasteiger partial charge in [-0.3, -0.25) is 4.90 Å². The van der Waals surface area contributed by atoms with Gasteiger partial charge in [0.15, 0.2) is 17.2 Å². The van der Waals surface area contributed by atoms with Crippen molar-refractivity contribution in [1.82, 2.24) is 30.0 Å². The zero-order valence-corrected chi connectivity index (χ0v) is 20.9. The highest BCUT2D eigenvalue weighted by Crippen LogP contribution is 2.28. The molecule has 2 aromatic carbocycles. The highest BCUT2D eigenvalue weighted by atomic mass is 19.1. The lowest BCUT2D eigenvalue weighted by atomic mass is 10.0. The van der Waals surface area contributed by atoms with E-state index in [-0.39, 0.29) is 11.6 Å². The summed E-state index contributed by atoms with van der Waals surface area (Å²) in [5.41, 5.74) is 2.49. The van der Waals surface area contributed by atoms with E-state index in [0.717, 1.165) is 57.8 Å². The van der Waals surface area contributed by atoms with Crippen LogP contribution in [0.2, 0.25) is 0 Å².